The molecule has 1 unspecified atom stereocenters. The summed E-state index contributed by atoms with van der Waals surface area (Å²) in [4.78, 5) is 1.21. The summed E-state index contributed by atoms with van der Waals surface area (Å²) < 4.78 is 6.02. The van der Waals surface area contributed by atoms with Crippen LogP contribution in [-0.4, -0.2) is 10.7 Å². The minimum Gasteiger partial charge on any atom is -0.487 e. The second-order valence-corrected chi connectivity index (χ2v) is 6.88. The minimum absolute atomic E-state index is 0.178. The second kappa shape index (κ2) is 4.36. The summed E-state index contributed by atoms with van der Waals surface area (Å²) in [5.41, 5.74) is 2.83. The summed E-state index contributed by atoms with van der Waals surface area (Å²) in [7, 11) is 0. The molecule has 1 N–H and O–H groups in total. The first-order valence-corrected chi connectivity index (χ1v) is 7.38. The number of aryl methyl sites for hydroxylation is 1. The van der Waals surface area contributed by atoms with Crippen LogP contribution in [0, 0.1) is 6.92 Å². The van der Waals surface area contributed by atoms with Gasteiger partial charge in [0.1, 0.15) is 17.5 Å². The fourth-order valence-corrected chi connectivity index (χ4v) is 3.36. The molecule has 1 aromatic heterocycles. The normalized spacial score (nSPS) is 17.9. The third-order valence-electron chi connectivity index (χ3n) is 3.48. The van der Waals surface area contributed by atoms with Gasteiger partial charge in [0.05, 0.1) is 0 Å². The van der Waals surface area contributed by atoms with Crippen molar-refractivity contribution in [3.63, 3.8) is 0 Å². The fraction of sp³-hybridized carbons (Fsp3) is 0.375. The molecule has 0 saturated heterocycles. The Labute approximate surface area is 117 Å². The summed E-state index contributed by atoms with van der Waals surface area (Å²) >= 11 is 1.66. The lowest BCUT2D eigenvalue weighted by Gasteiger charge is -2.19. The van der Waals surface area contributed by atoms with E-state index in [1.54, 1.807) is 11.3 Å². The molecule has 0 bridgehead atoms. The lowest BCUT2D eigenvalue weighted by molar-refractivity contribution is 0.131. The van der Waals surface area contributed by atoms with E-state index in [2.05, 4.69) is 26.8 Å². The molecule has 1 aliphatic rings. The number of hydrogen-bond donors (Lipinski definition) is 1. The van der Waals surface area contributed by atoms with Gasteiger partial charge in [0.2, 0.25) is 0 Å². The van der Waals surface area contributed by atoms with E-state index in [1.165, 1.54) is 10.4 Å². The van der Waals surface area contributed by atoms with Gasteiger partial charge in [0.15, 0.2) is 0 Å². The zero-order valence-electron chi connectivity index (χ0n) is 11.4. The fourth-order valence-electron chi connectivity index (χ4n) is 2.64. The lowest BCUT2D eigenvalue weighted by Crippen LogP contribution is -2.25. The highest BCUT2D eigenvalue weighted by Gasteiger charge is 2.33. The van der Waals surface area contributed by atoms with Gasteiger partial charge in [0.25, 0.3) is 0 Å². The molecule has 0 spiro atoms. The summed E-state index contributed by atoms with van der Waals surface area (Å²) in [6.45, 7) is 6.21. The minimum atomic E-state index is -0.603. The average Bonchev–Trinajstić information content (AvgIpc) is 2.89. The summed E-state index contributed by atoms with van der Waals surface area (Å²) in [6, 6.07) is 8.08. The van der Waals surface area contributed by atoms with Crippen LogP contribution in [0.2, 0.25) is 0 Å². The molecule has 0 aliphatic carbocycles. The smallest absolute Gasteiger partial charge is 0.129 e. The van der Waals surface area contributed by atoms with E-state index >= 15 is 0 Å². The molecule has 2 aromatic rings. The van der Waals surface area contributed by atoms with Crippen molar-refractivity contribution in [2.45, 2.75) is 38.9 Å². The van der Waals surface area contributed by atoms with Crippen LogP contribution in [0.3, 0.4) is 0 Å². The highest BCUT2D eigenvalue weighted by atomic mass is 32.1. The van der Waals surface area contributed by atoms with Crippen LogP contribution in [0.5, 0.6) is 5.75 Å². The number of ether oxygens (including phenoxy) is 1. The van der Waals surface area contributed by atoms with Crippen LogP contribution in [0.1, 0.15) is 41.5 Å². The first kappa shape index (κ1) is 12.7. The molecule has 100 valence electrons. The molecule has 0 fully saturated rings. The van der Waals surface area contributed by atoms with Crippen molar-refractivity contribution in [3.05, 3.63) is 51.2 Å². The number of hydrogen-bond acceptors (Lipinski definition) is 3. The maximum absolute atomic E-state index is 10.6. The molecule has 1 aromatic carbocycles. The zero-order chi connectivity index (χ0) is 13.6. The van der Waals surface area contributed by atoms with E-state index in [0.717, 1.165) is 23.3 Å². The van der Waals surface area contributed by atoms with Crippen LogP contribution < -0.4 is 4.74 Å². The molecule has 3 rings (SSSR count). The van der Waals surface area contributed by atoms with Crippen LogP contribution in [-0.2, 0) is 6.42 Å². The number of fused-ring (bicyclic) bond motifs is 1. The number of thiophene rings is 1. The summed E-state index contributed by atoms with van der Waals surface area (Å²) in [6.07, 6.45) is 0.291. The molecule has 19 heavy (non-hydrogen) atoms. The van der Waals surface area contributed by atoms with E-state index in [0.29, 0.717) is 0 Å². The van der Waals surface area contributed by atoms with Crippen molar-refractivity contribution < 1.29 is 9.84 Å². The Morgan fingerprint density at radius 3 is 2.84 bits per heavy atom. The monoisotopic (exact) mass is 274 g/mol. The molecular weight excluding hydrogens is 256 g/mol. The van der Waals surface area contributed by atoms with Gasteiger partial charge < -0.3 is 9.84 Å². The van der Waals surface area contributed by atoms with E-state index < -0.39 is 6.10 Å². The first-order chi connectivity index (χ1) is 8.96. The molecule has 0 amide bonds. The van der Waals surface area contributed by atoms with Gasteiger partial charge in [-0.25, -0.2) is 0 Å². The summed E-state index contributed by atoms with van der Waals surface area (Å²) in [5.74, 6) is 0.865. The largest absolute Gasteiger partial charge is 0.487 e. The van der Waals surface area contributed by atoms with Gasteiger partial charge in [0, 0.05) is 16.9 Å². The Bertz CT molecular complexity index is 613. The Hall–Kier alpha value is -1.32. The molecule has 1 aliphatic heterocycles. The van der Waals surface area contributed by atoms with E-state index in [4.69, 9.17) is 4.74 Å². The highest BCUT2D eigenvalue weighted by Crippen LogP contribution is 2.41. The maximum atomic E-state index is 10.6. The molecule has 2 heterocycles. The molecule has 1 atom stereocenters. The standard InChI is InChI=1S/C16H18O2S/c1-10-7-12(9-19-10)14(17)13-6-4-5-11-8-16(2,3)18-15(11)13/h4-7,9,14,17H,8H2,1-3H3. The van der Waals surface area contributed by atoms with Crippen molar-refractivity contribution in [1.29, 1.82) is 0 Å². The number of aliphatic hydroxyl groups is 1. The van der Waals surface area contributed by atoms with E-state index in [1.807, 2.05) is 23.6 Å². The molecule has 3 heteroatoms. The molecule has 0 saturated carbocycles. The predicted octanol–water partition coefficient (Wildman–Crippen LogP) is 3.85. The number of aliphatic hydroxyl groups excluding tert-OH is 1. The van der Waals surface area contributed by atoms with Gasteiger partial charge in [-0.15, -0.1) is 11.3 Å². The van der Waals surface area contributed by atoms with Crippen LogP contribution in [0.4, 0.5) is 0 Å². The van der Waals surface area contributed by atoms with Gasteiger partial charge in [-0.05, 0) is 43.3 Å². The number of benzene rings is 1. The number of para-hydroxylation sites is 1. The van der Waals surface area contributed by atoms with Gasteiger partial charge in [-0.2, -0.15) is 0 Å². The van der Waals surface area contributed by atoms with Crippen molar-refractivity contribution in [1.82, 2.24) is 0 Å². The first-order valence-electron chi connectivity index (χ1n) is 6.50. The van der Waals surface area contributed by atoms with Gasteiger partial charge >= 0.3 is 0 Å². The van der Waals surface area contributed by atoms with Crippen molar-refractivity contribution in [3.8, 4) is 5.75 Å². The Morgan fingerprint density at radius 1 is 1.37 bits per heavy atom. The summed E-state index contributed by atoms with van der Waals surface area (Å²) in [5, 5.41) is 12.6. The van der Waals surface area contributed by atoms with Crippen LogP contribution >= 0.6 is 11.3 Å². The topological polar surface area (TPSA) is 29.5 Å². The third kappa shape index (κ3) is 2.28. The highest BCUT2D eigenvalue weighted by molar-refractivity contribution is 7.10. The maximum Gasteiger partial charge on any atom is 0.129 e. The Morgan fingerprint density at radius 2 is 2.16 bits per heavy atom. The van der Waals surface area contributed by atoms with Crippen molar-refractivity contribution in [2.75, 3.05) is 0 Å². The third-order valence-corrected chi connectivity index (χ3v) is 4.36. The van der Waals surface area contributed by atoms with Crippen molar-refractivity contribution >= 4 is 11.3 Å². The Balaban J connectivity index is 2.01. The molecule has 0 radical (unpaired) electrons. The zero-order valence-corrected chi connectivity index (χ0v) is 12.3. The average molecular weight is 274 g/mol. The van der Waals surface area contributed by atoms with Crippen LogP contribution in [0.15, 0.2) is 29.6 Å². The predicted molar refractivity (Wildman–Crippen MR) is 78.0 cm³/mol. The van der Waals surface area contributed by atoms with E-state index in [9.17, 15) is 5.11 Å². The quantitative estimate of drug-likeness (QED) is 0.901. The number of rotatable bonds is 2. The SMILES string of the molecule is Cc1cc(C(O)c2cccc3c2OC(C)(C)C3)cs1. The van der Waals surface area contributed by atoms with Gasteiger partial charge in [-0.1, -0.05) is 18.2 Å². The van der Waals surface area contributed by atoms with Gasteiger partial charge in [-0.3, -0.25) is 0 Å². The second-order valence-electron chi connectivity index (χ2n) is 5.77. The molecule has 2 nitrogen and oxygen atoms in total. The van der Waals surface area contributed by atoms with Crippen molar-refractivity contribution in [2.24, 2.45) is 0 Å². The van der Waals surface area contributed by atoms with E-state index in [-0.39, 0.29) is 5.60 Å². The molecular formula is C16H18O2S. The lowest BCUT2D eigenvalue weighted by atomic mass is 9.97. The van der Waals surface area contributed by atoms with Crippen LogP contribution in [0.25, 0.3) is 0 Å². The Kier molecular flexibility index (Phi) is 2.91.